The van der Waals surface area contributed by atoms with E-state index in [9.17, 15) is 13.2 Å². The lowest BCUT2D eigenvalue weighted by Crippen LogP contribution is -2.47. The summed E-state index contributed by atoms with van der Waals surface area (Å²) in [5, 5.41) is 2.95. The molecule has 3 rings (SSSR count). The molecule has 1 amide bonds. The molecule has 0 saturated carbocycles. The zero-order valence-corrected chi connectivity index (χ0v) is 18.2. The van der Waals surface area contributed by atoms with Crippen LogP contribution >= 0.6 is 0 Å². The summed E-state index contributed by atoms with van der Waals surface area (Å²) in [6.45, 7) is 3.73. The number of rotatable bonds is 7. The normalized spacial score (nSPS) is 12.2. The average Bonchev–Trinajstić information content (AvgIpc) is 2.73. The Morgan fingerprint density at radius 2 is 1.53 bits per heavy atom. The molecular formula is C24H26N2O3S. The Labute approximate surface area is 178 Å². The van der Waals surface area contributed by atoms with Gasteiger partial charge in [-0.05, 0) is 37.1 Å². The second-order valence-corrected chi connectivity index (χ2v) is 9.08. The topological polar surface area (TPSA) is 66.5 Å². The minimum absolute atomic E-state index is 0.334. The highest BCUT2D eigenvalue weighted by atomic mass is 32.2. The zero-order valence-electron chi connectivity index (χ0n) is 17.4. The lowest BCUT2D eigenvalue weighted by Gasteiger charge is -2.30. The summed E-state index contributed by atoms with van der Waals surface area (Å²) < 4.78 is 26.4. The minimum Gasteiger partial charge on any atom is -0.324 e. The van der Waals surface area contributed by atoms with Crippen molar-refractivity contribution in [3.63, 3.8) is 0 Å². The van der Waals surface area contributed by atoms with Crippen LogP contribution in [0.5, 0.6) is 0 Å². The van der Waals surface area contributed by atoms with Crippen LogP contribution in [-0.2, 0) is 14.8 Å². The fourth-order valence-electron chi connectivity index (χ4n) is 3.43. The first-order chi connectivity index (χ1) is 14.3. The molecule has 0 aliphatic rings. The molecule has 1 N–H and O–H groups in total. The molecule has 0 aliphatic carbocycles. The van der Waals surface area contributed by atoms with E-state index in [1.165, 1.54) is 4.31 Å². The number of sulfonamides is 1. The van der Waals surface area contributed by atoms with Gasteiger partial charge in [0.1, 0.15) is 6.04 Å². The number of aryl methyl sites for hydroxylation is 1. The predicted octanol–water partition coefficient (Wildman–Crippen LogP) is 4.85. The Morgan fingerprint density at radius 3 is 2.13 bits per heavy atom. The summed E-state index contributed by atoms with van der Waals surface area (Å²) in [7, 11) is -3.67. The third-order valence-corrected chi connectivity index (χ3v) is 6.07. The number of carbonyl (C=O) groups is 1. The van der Waals surface area contributed by atoms with E-state index in [2.05, 4.69) is 5.32 Å². The summed E-state index contributed by atoms with van der Waals surface area (Å²) >= 11 is 0. The van der Waals surface area contributed by atoms with Gasteiger partial charge in [0.05, 0.1) is 11.9 Å². The Morgan fingerprint density at radius 1 is 0.933 bits per heavy atom. The molecule has 0 spiro atoms. The van der Waals surface area contributed by atoms with E-state index in [1.807, 2.05) is 73.7 Å². The Kier molecular flexibility index (Phi) is 6.57. The molecule has 5 nitrogen and oxygen atoms in total. The van der Waals surface area contributed by atoms with E-state index in [-0.39, 0.29) is 5.91 Å². The molecule has 0 aromatic heterocycles. The lowest BCUT2D eigenvalue weighted by atomic mass is 10.0. The molecule has 0 aliphatic heterocycles. The third kappa shape index (κ3) is 4.89. The maximum atomic E-state index is 13.2. The van der Waals surface area contributed by atoms with Crippen molar-refractivity contribution in [1.29, 1.82) is 0 Å². The van der Waals surface area contributed by atoms with Gasteiger partial charge < -0.3 is 5.32 Å². The molecule has 0 radical (unpaired) electrons. The van der Waals surface area contributed by atoms with Crippen LogP contribution in [-0.4, -0.2) is 26.6 Å². The quantitative estimate of drug-likeness (QED) is 0.592. The monoisotopic (exact) mass is 422 g/mol. The molecule has 3 aromatic rings. The lowest BCUT2D eigenvalue weighted by molar-refractivity contribution is -0.117. The number of nitrogens with zero attached hydrogens (tertiary/aromatic N) is 1. The summed E-state index contributed by atoms with van der Waals surface area (Å²) in [6, 6.07) is 23.5. The third-order valence-electron chi connectivity index (χ3n) is 4.89. The first-order valence-electron chi connectivity index (χ1n) is 9.82. The smallest absolute Gasteiger partial charge is 0.248 e. The van der Waals surface area contributed by atoms with Gasteiger partial charge >= 0.3 is 0 Å². The van der Waals surface area contributed by atoms with Crippen molar-refractivity contribution in [2.24, 2.45) is 0 Å². The molecule has 1 atom stereocenters. The van der Waals surface area contributed by atoms with Crippen LogP contribution in [0.25, 0.3) is 11.1 Å². The molecule has 3 aromatic carbocycles. The van der Waals surface area contributed by atoms with E-state index >= 15 is 0 Å². The number of hydrogen-bond acceptors (Lipinski definition) is 3. The summed E-state index contributed by atoms with van der Waals surface area (Å²) in [5.41, 5.74) is 3.98. The van der Waals surface area contributed by atoms with Gasteiger partial charge in [0.15, 0.2) is 0 Å². The molecule has 6 heteroatoms. The number of anilines is 2. The summed E-state index contributed by atoms with van der Waals surface area (Å²) in [5.74, 6) is -0.369. The van der Waals surface area contributed by atoms with Gasteiger partial charge in [-0.1, -0.05) is 73.2 Å². The van der Waals surface area contributed by atoms with E-state index < -0.39 is 16.1 Å². The van der Waals surface area contributed by atoms with Gasteiger partial charge in [-0.2, -0.15) is 0 Å². The van der Waals surface area contributed by atoms with Gasteiger partial charge in [0.25, 0.3) is 0 Å². The van der Waals surface area contributed by atoms with Crippen LogP contribution in [0.2, 0.25) is 0 Å². The summed E-state index contributed by atoms with van der Waals surface area (Å²) in [4.78, 5) is 13.2. The standard InChI is InChI=1S/C24H26N2O3S/c1-4-23(26(30(3,28)29)20-16-14-18(2)15-17-20)24(27)25-22-13-9-8-12-21(22)19-10-6-5-7-11-19/h5-17,23H,4H2,1-3H3,(H,25,27). The fourth-order valence-corrected chi connectivity index (χ4v) is 4.64. The molecule has 0 heterocycles. The molecule has 0 fully saturated rings. The largest absolute Gasteiger partial charge is 0.324 e. The zero-order chi connectivity index (χ0) is 21.7. The predicted molar refractivity (Wildman–Crippen MR) is 123 cm³/mol. The van der Waals surface area contributed by atoms with E-state index in [0.717, 1.165) is 22.9 Å². The van der Waals surface area contributed by atoms with Crippen molar-refractivity contribution in [3.05, 3.63) is 84.4 Å². The molecule has 30 heavy (non-hydrogen) atoms. The second-order valence-electron chi connectivity index (χ2n) is 7.22. The highest BCUT2D eigenvalue weighted by molar-refractivity contribution is 7.92. The van der Waals surface area contributed by atoms with Crippen molar-refractivity contribution in [2.75, 3.05) is 15.9 Å². The van der Waals surface area contributed by atoms with Gasteiger partial charge in [0, 0.05) is 11.3 Å². The maximum absolute atomic E-state index is 13.2. The first kappa shape index (κ1) is 21.6. The van der Waals surface area contributed by atoms with E-state index in [0.29, 0.717) is 17.8 Å². The van der Waals surface area contributed by atoms with Crippen molar-refractivity contribution >= 4 is 27.3 Å². The maximum Gasteiger partial charge on any atom is 0.248 e. The highest BCUT2D eigenvalue weighted by Gasteiger charge is 2.31. The Hall–Kier alpha value is -3.12. The van der Waals surface area contributed by atoms with Crippen LogP contribution in [0.4, 0.5) is 11.4 Å². The highest BCUT2D eigenvalue weighted by Crippen LogP contribution is 2.29. The summed E-state index contributed by atoms with van der Waals surface area (Å²) in [6.07, 6.45) is 1.46. The van der Waals surface area contributed by atoms with Crippen LogP contribution in [0.3, 0.4) is 0 Å². The van der Waals surface area contributed by atoms with Gasteiger partial charge in [-0.3, -0.25) is 9.10 Å². The van der Waals surface area contributed by atoms with E-state index in [1.54, 1.807) is 19.1 Å². The number of nitrogens with one attached hydrogen (secondary N) is 1. The molecule has 156 valence electrons. The van der Waals surface area contributed by atoms with Crippen molar-refractivity contribution in [1.82, 2.24) is 0 Å². The average molecular weight is 423 g/mol. The molecule has 0 bridgehead atoms. The second kappa shape index (κ2) is 9.13. The fraction of sp³-hybridized carbons (Fsp3) is 0.208. The van der Waals surface area contributed by atoms with Crippen molar-refractivity contribution in [2.45, 2.75) is 26.3 Å². The van der Waals surface area contributed by atoms with Gasteiger partial charge in [-0.15, -0.1) is 0 Å². The number of para-hydroxylation sites is 1. The van der Waals surface area contributed by atoms with Crippen LogP contribution < -0.4 is 9.62 Å². The van der Waals surface area contributed by atoms with E-state index in [4.69, 9.17) is 0 Å². The Balaban J connectivity index is 1.96. The molecule has 1 unspecified atom stereocenters. The first-order valence-corrected chi connectivity index (χ1v) is 11.7. The Bertz CT molecular complexity index is 1110. The van der Waals surface area contributed by atoms with Gasteiger partial charge in [-0.25, -0.2) is 8.42 Å². The SMILES string of the molecule is CCC(C(=O)Nc1ccccc1-c1ccccc1)N(c1ccc(C)cc1)S(C)(=O)=O. The number of amides is 1. The van der Waals surface area contributed by atoms with Crippen LogP contribution in [0, 0.1) is 6.92 Å². The number of carbonyl (C=O) groups excluding carboxylic acids is 1. The minimum atomic E-state index is -3.67. The van der Waals surface area contributed by atoms with Crippen molar-refractivity contribution in [3.8, 4) is 11.1 Å². The van der Waals surface area contributed by atoms with Crippen LogP contribution in [0.15, 0.2) is 78.9 Å². The number of hydrogen-bond donors (Lipinski definition) is 1. The number of benzene rings is 3. The van der Waals surface area contributed by atoms with Crippen molar-refractivity contribution < 1.29 is 13.2 Å². The molecule has 0 saturated heterocycles. The molecular weight excluding hydrogens is 396 g/mol. The van der Waals surface area contributed by atoms with Crippen LogP contribution in [0.1, 0.15) is 18.9 Å². The van der Waals surface area contributed by atoms with Gasteiger partial charge in [0.2, 0.25) is 15.9 Å².